The van der Waals surface area contributed by atoms with Gasteiger partial charge in [-0.05, 0) is 95.5 Å². The highest BCUT2D eigenvalue weighted by Gasteiger charge is 2.57. The van der Waals surface area contributed by atoms with Crippen LogP contribution < -0.4 is 10.6 Å². The van der Waals surface area contributed by atoms with Crippen LogP contribution >= 0.6 is 11.6 Å². The standard InChI is InChI=1S/C44H49ClN8O6/c1-20(2)35(49-43(56)58-5)41(54)52-31-16-27(31)18-33(52)39-46-29-12-11-25(15-30(29)47-39)23-7-8-24-14-26(10-9-22(24)13-23)37-38(45)51-40(48-37)34-19-28-17-32(28)53(34)42(55)36(21(3)4)50-44(57)59-6/h7-15,20-21,27-28,31-36H,16-19H2,1-6H3,(H,46,47)(H,48,51)(H,49,56)(H,50,57)/t27-,28-,31-,32-,33+,34+,35+,36+/m1/s1. The largest absolute Gasteiger partial charge is 0.453 e. The van der Waals surface area contributed by atoms with Gasteiger partial charge in [0.2, 0.25) is 11.8 Å². The van der Waals surface area contributed by atoms with E-state index < -0.39 is 24.3 Å². The molecule has 4 fully saturated rings. The molecule has 0 bridgehead atoms. The molecule has 14 nitrogen and oxygen atoms in total. The van der Waals surface area contributed by atoms with Gasteiger partial charge < -0.3 is 39.9 Å². The number of amides is 4. The molecule has 4 heterocycles. The minimum Gasteiger partial charge on any atom is -0.453 e. The van der Waals surface area contributed by atoms with Gasteiger partial charge in [0.25, 0.3) is 0 Å². The van der Waals surface area contributed by atoms with E-state index >= 15 is 0 Å². The quantitative estimate of drug-likeness (QED) is 0.112. The fourth-order valence-corrected chi connectivity index (χ4v) is 9.66. The molecule has 2 saturated carbocycles. The summed E-state index contributed by atoms with van der Waals surface area (Å²) in [5, 5.41) is 7.95. The van der Waals surface area contributed by atoms with Crippen molar-refractivity contribution >= 4 is 57.4 Å². The lowest BCUT2D eigenvalue weighted by molar-refractivity contribution is -0.137. The summed E-state index contributed by atoms with van der Waals surface area (Å²) in [4.78, 5) is 72.5. The second-order valence-electron chi connectivity index (χ2n) is 17.3. The van der Waals surface area contributed by atoms with Crippen LogP contribution in [0.25, 0.3) is 44.2 Å². The summed E-state index contributed by atoms with van der Waals surface area (Å²) in [5.74, 6) is 1.74. The van der Waals surface area contributed by atoms with Gasteiger partial charge in [0.05, 0.1) is 37.3 Å². The molecule has 0 unspecified atom stereocenters. The molecular formula is C44H49ClN8O6. The molecule has 2 aromatic heterocycles. The maximum absolute atomic E-state index is 13.9. The Morgan fingerprint density at radius 1 is 0.678 bits per heavy atom. The fourth-order valence-electron chi connectivity index (χ4n) is 9.41. The summed E-state index contributed by atoms with van der Waals surface area (Å²) in [7, 11) is 2.59. The number of fused-ring (bicyclic) bond motifs is 4. The number of halogens is 1. The number of nitrogens with zero attached hydrogens (tertiary/aromatic N) is 4. The molecule has 2 aliphatic carbocycles. The number of aromatic nitrogens is 4. The highest BCUT2D eigenvalue weighted by Crippen LogP contribution is 2.55. The normalized spacial score (nSPS) is 23.9. The molecule has 0 spiro atoms. The van der Waals surface area contributed by atoms with Crippen molar-refractivity contribution in [3.05, 3.63) is 71.4 Å². The highest BCUT2D eigenvalue weighted by atomic mass is 35.5. The van der Waals surface area contributed by atoms with Crippen LogP contribution in [0.15, 0.2) is 54.6 Å². The first-order chi connectivity index (χ1) is 28.3. The molecule has 9 rings (SSSR count). The zero-order valence-corrected chi connectivity index (χ0v) is 34.7. The van der Waals surface area contributed by atoms with Crippen molar-refractivity contribution in [2.24, 2.45) is 23.7 Å². The number of likely N-dealkylation sites (tertiary alicyclic amines) is 2. The van der Waals surface area contributed by atoms with Gasteiger partial charge in [-0.2, -0.15) is 0 Å². The Labute approximate surface area is 346 Å². The lowest BCUT2D eigenvalue weighted by Gasteiger charge is -2.31. The molecule has 59 heavy (non-hydrogen) atoms. The smallest absolute Gasteiger partial charge is 0.407 e. The molecular weight excluding hydrogens is 772 g/mol. The SMILES string of the molecule is COC(=O)N[C@H](C(=O)N1[C@@H]2C[C@@H]2C[C@H]1c1nc(-c2ccc3cc(-c4ccc5nc([C@@H]6C[C@H]7C[C@H]7N6C(=O)[C@@H](NC(=O)OC)C(C)C)[nH]c5c4)ccc3c2)c(Cl)[nH]1)C(C)C. The minimum absolute atomic E-state index is 0.106. The zero-order chi connectivity index (χ0) is 41.4. The number of alkyl carbamates (subject to hydrolysis) is 2. The van der Waals surface area contributed by atoms with E-state index in [9.17, 15) is 19.2 Å². The van der Waals surface area contributed by atoms with Crippen LogP contribution in [0, 0.1) is 23.7 Å². The third-order valence-electron chi connectivity index (χ3n) is 12.8. The molecule has 0 radical (unpaired) electrons. The number of hydrogen-bond acceptors (Lipinski definition) is 8. The monoisotopic (exact) mass is 820 g/mol. The number of aromatic amines is 2. The second kappa shape index (κ2) is 14.9. The molecule has 4 amide bonds. The van der Waals surface area contributed by atoms with Crippen LogP contribution in [0.2, 0.25) is 5.15 Å². The van der Waals surface area contributed by atoms with Crippen molar-refractivity contribution in [3.63, 3.8) is 0 Å². The molecule has 4 aliphatic rings. The summed E-state index contributed by atoms with van der Waals surface area (Å²) >= 11 is 6.82. The van der Waals surface area contributed by atoms with Crippen molar-refractivity contribution in [1.29, 1.82) is 0 Å². The van der Waals surface area contributed by atoms with Gasteiger partial charge in [-0.15, -0.1) is 0 Å². The molecule has 2 aliphatic heterocycles. The number of nitrogens with one attached hydrogen (secondary N) is 4. The van der Waals surface area contributed by atoms with Gasteiger partial charge in [0, 0.05) is 17.6 Å². The Morgan fingerprint density at radius 3 is 1.71 bits per heavy atom. The van der Waals surface area contributed by atoms with E-state index in [1.807, 2.05) is 49.6 Å². The lowest BCUT2D eigenvalue weighted by atomic mass is 9.99. The Bertz CT molecular complexity index is 2500. The third-order valence-corrected chi connectivity index (χ3v) is 13.0. The maximum Gasteiger partial charge on any atom is 0.407 e. The molecule has 5 aromatic rings. The lowest BCUT2D eigenvalue weighted by Crippen LogP contribution is -2.52. The highest BCUT2D eigenvalue weighted by molar-refractivity contribution is 6.32. The van der Waals surface area contributed by atoms with Gasteiger partial charge in [0.15, 0.2) is 0 Å². The van der Waals surface area contributed by atoms with Crippen LogP contribution in [-0.4, -0.2) is 92.1 Å². The summed E-state index contributed by atoms with van der Waals surface area (Å²) < 4.78 is 9.62. The number of H-pyrrole nitrogens is 2. The van der Waals surface area contributed by atoms with Crippen LogP contribution in [0.5, 0.6) is 0 Å². The van der Waals surface area contributed by atoms with E-state index in [2.05, 4.69) is 63.1 Å². The maximum atomic E-state index is 13.9. The topological polar surface area (TPSA) is 175 Å². The molecule has 15 heteroatoms. The van der Waals surface area contributed by atoms with Gasteiger partial charge in [-0.25, -0.2) is 19.6 Å². The van der Waals surface area contributed by atoms with E-state index in [1.54, 1.807) is 0 Å². The summed E-state index contributed by atoms with van der Waals surface area (Å²) in [6, 6.07) is 17.0. The molecule has 308 valence electrons. The van der Waals surface area contributed by atoms with Gasteiger partial charge in [0.1, 0.15) is 34.6 Å². The van der Waals surface area contributed by atoms with Crippen LogP contribution in [0.1, 0.15) is 77.1 Å². The Morgan fingerprint density at radius 2 is 1.17 bits per heavy atom. The van der Waals surface area contributed by atoms with E-state index in [4.69, 9.17) is 31.0 Å². The predicted molar refractivity (Wildman–Crippen MR) is 222 cm³/mol. The van der Waals surface area contributed by atoms with Crippen molar-refractivity contribution in [2.75, 3.05) is 14.2 Å². The number of rotatable bonds is 10. The number of hydrogen-bond donors (Lipinski definition) is 4. The number of carbonyl (C=O) groups excluding carboxylic acids is 4. The van der Waals surface area contributed by atoms with Crippen molar-refractivity contribution < 1.29 is 28.7 Å². The summed E-state index contributed by atoms with van der Waals surface area (Å²) in [6.45, 7) is 7.65. The number of ether oxygens (including phenoxy) is 2. The first-order valence-corrected chi connectivity index (χ1v) is 20.8. The minimum atomic E-state index is -0.717. The average Bonchev–Trinajstić information content (AvgIpc) is 3.91. The van der Waals surface area contributed by atoms with Crippen molar-refractivity contribution in [3.8, 4) is 22.4 Å². The number of benzene rings is 3. The van der Waals surface area contributed by atoms with Crippen LogP contribution in [0.3, 0.4) is 0 Å². The molecule has 8 atom stereocenters. The van der Waals surface area contributed by atoms with Crippen molar-refractivity contribution in [1.82, 2.24) is 40.4 Å². The Balaban J connectivity index is 0.937. The number of carbonyl (C=O) groups is 4. The predicted octanol–water partition coefficient (Wildman–Crippen LogP) is 7.51. The van der Waals surface area contributed by atoms with Gasteiger partial charge in [-0.1, -0.05) is 69.6 Å². The number of methoxy groups -OCH3 is 2. The van der Waals surface area contributed by atoms with Crippen molar-refractivity contribution in [2.45, 2.75) is 89.6 Å². The zero-order valence-electron chi connectivity index (χ0n) is 33.9. The Hall–Kier alpha value is -5.63. The number of imidazole rings is 2. The Kier molecular flexibility index (Phi) is 9.80. The fraction of sp³-hybridized carbons (Fsp3) is 0.455. The van der Waals surface area contributed by atoms with E-state index in [0.29, 0.717) is 28.5 Å². The second-order valence-corrected chi connectivity index (χ2v) is 17.6. The third kappa shape index (κ3) is 7.04. The van der Waals surface area contributed by atoms with Crippen LogP contribution in [0.4, 0.5) is 9.59 Å². The van der Waals surface area contributed by atoms with Gasteiger partial charge >= 0.3 is 12.2 Å². The summed E-state index contributed by atoms with van der Waals surface area (Å²) in [5.41, 5.74) is 5.26. The number of piperidine rings is 2. The molecule has 4 N–H and O–H groups in total. The first-order valence-electron chi connectivity index (χ1n) is 20.5. The van der Waals surface area contributed by atoms with E-state index in [0.717, 1.165) is 70.0 Å². The van der Waals surface area contributed by atoms with Gasteiger partial charge in [-0.3, -0.25) is 9.59 Å². The van der Waals surface area contributed by atoms with E-state index in [-0.39, 0.29) is 47.8 Å². The average molecular weight is 821 g/mol. The molecule has 2 saturated heterocycles. The molecule has 3 aromatic carbocycles. The van der Waals surface area contributed by atoms with Crippen LogP contribution in [-0.2, 0) is 19.1 Å². The first kappa shape index (κ1) is 38.9. The summed E-state index contributed by atoms with van der Waals surface area (Å²) in [6.07, 6.45) is 2.27. The van der Waals surface area contributed by atoms with E-state index in [1.165, 1.54) is 14.2 Å².